The van der Waals surface area contributed by atoms with Gasteiger partial charge in [-0.05, 0) is 24.6 Å². The van der Waals surface area contributed by atoms with Crippen LogP contribution in [0.4, 0.5) is 0 Å². The van der Waals surface area contributed by atoms with Crippen molar-refractivity contribution in [1.29, 1.82) is 0 Å². The lowest BCUT2D eigenvalue weighted by atomic mass is 10.1. The number of aryl methyl sites for hydroxylation is 1. The molecule has 6 nitrogen and oxygen atoms in total. The number of amides is 1. The van der Waals surface area contributed by atoms with Crippen molar-refractivity contribution in [1.82, 2.24) is 20.1 Å². The van der Waals surface area contributed by atoms with Gasteiger partial charge in [0.05, 0.1) is 6.54 Å². The number of carbonyl (C=O) groups excluding carboxylic acids is 1. The van der Waals surface area contributed by atoms with E-state index in [1.165, 1.54) is 0 Å². The third-order valence-corrected chi connectivity index (χ3v) is 2.87. The van der Waals surface area contributed by atoms with Crippen LogP contribution in [0.15, 0.2) is 30.6 Å². The van der Waals surface area contributed by atoms with Crippen LogP contribution in [-0.2, 0) is 19.6 Å². The summed E-state index contributed by atoms with van der Waals surface area (Å²) >= 11 is 0. The van der Waals surface area contributed by atoms with E-state index in [4.69, 9.17) is 5.73 Å². The molecule has 0 saturated carbocycles. The zero-order valence-electron chi connectivity index (χ0n) is 10.8. The maximum absolute atomic E-state index is 12.0. The second kappa shape index (κ2) is 6.10. The average Bonchev–Trinajstić information content (AvgIpc) is 2.92. The fraction of sp³-hybridized carbons (Fsp3) is 0.308. The van der Waals surface area contributed by atoms with Crippen molar-refractivity contribution in [2.24, 2.45) is 5.73 Å². The molecular formula is C13H17N5O. The van der Waals surface area contributed by atoms with Gasteiger partial charge in [-0.2, -0.15) is 0 Å². The van der Waals surface area contributed by atoms with Crippen molar-refractivity contribution in [2.75, 3.05) is 0 Å². The van der Waals surface area contributed by atoms with E-state index in [0.29, 0.717) is 18.7 Å². The van der Waals surface area contributed by atoms with Crippen molar-refractivity contribution in [3.8, 4) is 0 Å². The molecule has 1 aromatic heterocycles. The number of hydrogen-bond acceptors (Lipinski definition) is 4. The van der Waals surface area contributed by atoms with E-state index in [-0.39, 0.29) is 5.91 Å². The summed E-state index contributed by atoms with van der Waals surface area (Å²) in [6.45, 7) is 3.56. The Morgan fingerprint density at radius 1 is 1.47 bits per heavy atom. The van der Waals surface area contributed by atoms with Crippen LogP contribution >= 0.6 is 0 Å². The largest absolute Gasteiger partial charge is 0.345 e. The molecule has 6 heteroatoms. The molecule has 0 spiro atoms. The lowest BCUT2D eigenvalue weighted by Crippen LogP contribution is -2.24. The van der Waals surface area contributed by atoms with E-state index >= 15 is 0 Å². The van der Waals surface area contributed by atoms with E-state index in [0.717, 1.165) is 17.9 Å². The van der Waals surface area contributed by atoms with Crippen LogP contribution in [0.25, 0.3) is 0 Å². The number of carbonyl (C=O) groups is 1. The van der Waals surface area contributed by atoms with E-state index in [2.05, 4.69) is 15.5 Å². The number of hydrogen-bond donors (Lipinski definition) is 2. The minimum atomic E-state index is -0.138. The molecule has 0 unspecified atom stereocenters. The van der Waals surface area contributed by atoms with Crippen molar-refractivity contribution in [3.05, 3.63) is 47.5 Å². The summed E-state index contributed by atoms with van der Waals surface area (Å²) in [7, 11) is 0. The van der Waals surface area contributed by atoms with Crippen molar-refractivity contribution < 1.29 is 4.79 Å². The van der Waals surface area contributed by atoms with Crippen LogP contribution in [0.2, 0.25) is 0 Å². The van der Waals surface area contributed by atoms with Gasteiger partial charge >= 0.3 is 0 Å². The summed E-state index contributed by atoms with van der Waals surface area (Å²) in [5.41, 5.74) is 7.09. The maximum atomic E-state index is 12.0. The Hall–Kier alpha value is -2.21. The predicted molar refractivity (Wildman–Crippen MR) is 71.2 cm³/mol. The molecular weight excluding hydrogens is 242 g/mol. The summed E-state index contributed by atoms with van der Waals surface area (Å²) in [5.74, 6) is 0.604. The Morgan fingerprint density at radius 3 is 3.05 bits per heavy atom. The summed E-state index contributed by atoms with van der Waals surface area (Å²) in [4.78, 5) is 12.0. The highest BCUT2D eigenvalue weighted by molar-refractivity contribution is 5.94. The van der Waals surface area contributed by atoms with Crippen LogP contribution in [0.3, 0.4) is 0 Å². The summed E-state index contributed by atoms with van der Waals surface area (Å²) < 4.78 is 1.89. The maximum Gasteiger partial charge on any atom is 0.251 e. The smallest absolute Gasteiger partial charge is 0.251 e. The molecule has 0 radical (unpaired) electrons. The van der Waals surface area contributed by atoms with Gasteiger partial charge in [0.1, 0.15) is 6.33 Å². The summed E-state index contributed by atoms with van der Waals surface area (Å²) in [6, 6.07) is 7.27. The standard InChI is InChI=1S/C13H17N5O/c1-2-18-9-16-17-12(18)8-15-13(19)11-5-3-4-10(6-11)7-14/h3-6,9H,2,7-8,14H2,1H3,(H,15,19). The Labute approximate surface area is 111 Å². The average molecular weight is 259 g/mol. The molecule has 19 heavy (non-hydrogen) atoms. The first kappa shape index (κ1) is 13.2. The second-order valence-corrected chi connectivity index (χ2v) is 4.12. The topological polar surface area (TPSA) is 85.8 Å². The summed E-state index contributed by atoms with van der Waals surface area (Å²) in [5, 5.41) is 10.6. The Balaban J connectivity index is 2.01. The highest BCUT2D eigenvalue weighted by Crippen LogP contribution is 2.05. The highest BCUT2D eigenvalue weighted by Gasteiger charge is 2.08. The van der Waals surface area contributed by atoms with Crippen LogP contribution in [-0.4, -0.2) is 20.7 Å². The van der Waals surface area contributed by atoms with E-state index in [1.807, 2.05) is 23.6 Å². The minimum absolute atomic E-state index is 0.138. The third kappa shape index (κ3) is 3.17. The van der Waals surface area contributed by atoms with E-state index in [9.17, 15) is 4.79 Å². The normalized spacial score (nSPS) is 10.4. The van der Waals surface area contributed by atoms with Crippen LogP contribution in [0.5, 0.6) is 0 Å². The van der Waals surface area contributed by atoms with Gasteiger partial charge in [0, 0.05) is 18.7 Å². The molecule has 0 aliphatic heterocycles. The number of nitrogens with zero attached hydrogens (tertiary/aromatic N) is 3. The molecule has 3 N–H and O–H groups in total. The van der Waals surface area contributed by atoms with Crippen LogP contribution in [0.1, 0.15) is 28.7 Å². The van der Waals surface area contributed by atoms with Crippen LogP contribution < -0.4 is 11.1 Å². The molecule has 0 aliphatic rings. The van der Waals surface area contributed by atoms with Gasteiger partial charge in [0.15, 0.2) is 5.82 Å². The van der Waals surface area contributed by atoms with Gasteiger partial charge in [-0.15, -0.1) is 10.2 Å². The second-order valence-electron chi connectivity index (χ2n) is 4.12. The molecule has 1 heterocycles. The monoisotopic (exact) mass is 259 g/mol. The Bertz CT molecular complexity index is 564. The SMILES string of the molecule is CCn1cnnc1CNC(=O)c1cccc(CN)c1. The molecule has 1 amide bonds. The number of nitrogens with one attached hydrogen (secondary N) is 1. The van der Waals surface area contributed by atoms with Crippen molar-refractivity contribution in [3.63, 3.8) is 0 Å². The van der Waals surface area contributed by atoms with Crippen LogP contribution in [0, 0.1) is 0 Å². The first-order valence-electron chi connectivity index (χ1n) is 6.18. The lowest BCUT2D eigenvalue weighted by molar-refractivity contribution is 0.0949. The third-order valence-electron chi connectivity index (χ3n) is 2.87. The van der Waals surface area contributed by atoms with E-state index < -0.39 is 0 Å². The quantitative estimate of drug-likeness (QED) is 0.827. The zero-order valence-corrected chi connectivity index (χ0v) is 10.8. The number of benzene rings is 1. The molecule has 2 rings (SSSR count). The van der Waals surface area contributed by atoms with E-state index in [1.54, 1.807) is 18.5 Å². The van der Waals surface area contributed by atoms with Gasteiger partial charge in [0.2, 0.25) is 0 Å². The predicted octanol–water partition coefficient (Wildman–Crippen LogP) is 0.687. The Kier molecular flexibility index (Phi) is 4.25. The number of nitrogens with two attached hydrogens (primary N) is 1. The molecule has 100 valence electrons. The molecule has 0 fully saturated rings. The van der Waals surface area contributed by atoms with Gasteiger partial charge in [-0.3, -0.25) is 4.79 Å². The first-order valence-corrected chi connectivity index (χ1v) is 6.18. The van der Waals surface area contributed by atoms with Gasteiger partial charge in [-0.1, -0.05) is 12.1 Å². The zero-order chi connectivity index (χ0) is 13.7. The van der Waals surface area contributed by atoms with Gasteiger partial charge in [0.25, 0.3) is 5.91 Å². The summed E-state index contributed by atoms with van der Waals surface area (Å²) in [6.07, 6.45) is 1.65. The first-order chi connectivity index (χ1) is 9.24. The Morgan fingerprint density at radius 2 is 2.32 bits per heavy atom. The molecule has 0 atom stereocenters. The number of rotatable bonds is 5. The minimum Gasteiger partial charge on any atom is -0.345 e. The molecule has 0 bridgehead atoms. The molecule has 0 saturated heterocycles. The number of aromatic nitrogens is 3. The lowest BCUT2D eigenvalue weighted by Gasteiger charge is -2.07. The molecule has 2 aromatic rings. The fourth-order valence-electron chi connectivity index (χ4n) is 1.78. The van der Waals surface area contributed by atoms with Gasteiger partial charge < -0.3 is 15.6 Å². The van der Waals surface area contributed by atoms with Gasteiger partial charge in [-0.25, -0.2) is 0 Å². The molecule has 0 aliphatic carbocycles. The van der Waals surface area contributed by atoms with Crippen molar-refractivity contribution >= 4 is 5.91 Å². The van der Waals surface area contributed by atoms with Crippen molar-refractivity contribution in [2.45, 2.75) is 26.6 Å². The fourth-order valence-corrected chi connectivity index (χ4v) is 1.78. The highest BCUT2D eigenvalue weighted by atomic mass is 16.1. The molecule has 1 aromatic carbocycles.